The highest BCUT2D eigenvalue weighted by Crippen LogP contribution is 2.19. The minimum Gasteiger partial charge on any atom is -0.206 e. The molecule has 0 atom stereocenters. The van der Waals surface area contributed by atoms with E-state index in [2.05, 4.69) is 6.58 Å². The highest BCUT2D eigenvalue weighted by Gasteiger charge is 2.04. The van der Waals surface area contributed by atoms with Gasteiger partial charge in [0.25, 0.3) is 0 Å². The molecule has 0 aromatic heterocycles. The van der Waals surface area contributed by atoms with Gasteiger partial charge in [-0.1, -0.05) is 38.1 Å². The highest BCUT2D eigenvalue weighted by atomic mass is 35.5. The van der Waals surface area contributed by atoms with E-state index >= 15 is 0 Å². The predicted octanol–water partition coefficient (Wildman–Crippen LogP) is 4.29. The molecular formula is C10H11ClF2. The quantitative estimate of drug-likeness (QED) is 0.599. The van der Waals surface area contributed by atoms with Crippen LogP contribution in [0.4, 0.5) is 8.78 Å². The van der Waals surface area contributed by atoms with Gasteiger partial charge < -0.3 is 0 Å². The van der Waals surface area contributed by atoms with E-state index in [1.165, 1.54) is 6.08 Å². The van der Waals surface area contributed by atoms with Crippen molar-refractivity contribution >= 4 is 17.7 Å². The maximum Gasteiger partial charge on any atom is 0.142 e. The number of benzene rings is 1. The molecule has 0 aliphatic heterocycles. The number of hydrogen-bond acceptors (Lipinski definition) is 0. The molecule has 0 saturated heterocycles. The summed E-state index contributed by atoms with van der Waals surface area (Å²) in [6.45, 7) is 7.31. The van der Waals surface area contributed by atoms with Crippen molar-refractivity contribution in [2.24, 2.45) is 0 Å². The lowest BCUT2D eigenvalue weighted by Crippen LogP contribution is -1.85. The average molecular weight is 205 g/mol. The highest BCUT2D eigenvalue weighted by molar-refractivity contribution is 6.30. The smallest absolute Gasteiger partial charge is 0.142 e. The zero-order chi connectivity index (χ0) is 10.4. The van der Waals surface area contributed by atoms with Crippen LogP contribution in [0, 0.1) is 11.6 Å². The second kappa shape index (κ2) is 5.70. The fraction of sp³-hybridized carbons (Fsp3) is 0.200. The van der Waals surface area contributed by atoms with Crippen LogP contribution >= 0.6 is 11.6 Å². The van der Waals surface area contributed by atoms with Gasteiger partial charge in [-0.3, -0.25) is 0 Å². The summed E-state index contributed by atoms with van der Waals surface area (Å²) < 4.78 is 25.3. The van der Waals surface area contributed by atoms with Crippen molar-refractivity contribution in [1.82, 2.24) is 0 Å². The SMILES string of the molecule is C=Cc1cc(F)c(Cl)cc1F.CC. The largest absolute Gasteiger partial charge is 0.206 e. The van der Waals surface area contributed by atoms with Crippen molar-refractivity contribution in [3.8, 4) is 0 Å². The number of halogens is 3. The fourth-order valence-electron chi connectivity index (χ4n) is 0.694. The first-order valence-electron chi connectivity index (χ1n) is 3.92. The summed E-state index contributed by atoms with van der Waals surface area (Å²) in [4.78, 5) is 0. The molecule has 0 N–H and O–H groups in total. The van der Waals surface area contributed by atoms with Crippen LogP contribution in [0.15, 0.2) is 18.7 Å². The lowest BCUT2D eigenvalue weighted by molar-refractivity contribution is 0.598. The van der Waals surface area contributed by atoms with Gasteiger partial charge in [-0.15, -0.1) is 0 Å². The van der Waals surface area contributed by atoms with Gasteiger partial charge in [0.05, 0.1) is 5.02 Å². The first-order chi connectivity index (χ1) is 6.15. The van der Waals surface area contributed by atoms with Gasteiger partial charge in [0.1, 0.15) is 11.6 Å². The molecule has 0 fully saturated rings. The van der Waals surface area contributed by atoms with E-state index in [0.717, 1.165) is 12.1 Å². The molecule has 3 heteroatoms. The third-order valence-corrected chi connectivity index (χ3v) is 1.55. The fourth-order valence-corrected chi connectivity index (χ4v) is 0.845. The van der Waals surface area contributed by atoms with Gasteiger partial charge in [-0.2, -0.15) is 0 Å². The third kappa shape index (κ3) is 3.15. The number of rotatable bonds is 1. The Morgan fingerprint density at radius 3 is 2.23 bits per heavy atom. The molecule has 0 nitrogen and oxygen atoms in total. The van der Waals surface area contributed by atoms with E-state index in [0.29, 0.717) is 0 Å². The van der Waals surface area contributed by atoms with Crippen LogP contribution in [-0.4, -0.2) is 0 Å². The summed E-state index contributed by atoms with van der Waals surface area (Å²) >= 11 is 5.29. The standard InChI is InChI=1S/C8H5ClF2.C2H6/c1-2-5-3-8(11)6(9)4-7(5)10;1-2/h2-4H,1H2;1-2H3. The molecule has 0 unspecified atom stereocenters. The third-order valence-electron chi connectivity index (χ3n) is 1.26. The van der Waals surface area contributed by atoms with Crippen molar-refractivity contribution < 1.29 is 8.78 Å². The van der Waals surface area contributed by atoms with Crippen molar-refractivity contribution in [3.05, 3.63) is 40.9 Å². The Labute approximate surface area is 81.8 Å². The van der Waals surface area contributed by atoms with Crippen LogP contribution in [0.5, 0.6) is 0 Å². The molecule has 0 heterocycles. The zero-order valence-electron chi connectivity index (χ0n) is 7.57. The second-order valence-electron chi connectivity index (χ2n) is 1.99. The Morgan fingerprint density at radius 1 is 1.23 bits per heavy atom. The first kappa shape index (κ1) is 12.1. The lowest BCUT2D eigenvalue weighted by Gasteiger charge is -1.97. The van der Waals surface area contributed by atoms with Crippen LogP contribution in [-0.2, 0) is 0 Å². The molecule has 1 aromatic rings. The van der Waals surface area contributed by atoms with Gasteiger partial charge in [0, 0.05) is 5.56 Å². The molecule has 0 spiro atoms. The topological polar surface area (TPSA) is 0 Å². The lowest BCUT2D eigenvalue weighted by atomic mass is 10.2. The molecule has 1 aromatic carbocycles. The van der Waals surface area contributed by atoms with E-state index in [-0.39, 0.29) is 10.6 Å². The summed E-state index contributed by atoms with van der Waals surface area (Å²) in [6.07, 6.45) is 1.23. The molecule has 0 aliphatic carbocycles. The molecule has 1 rings (SSSR count). The number of hydrogen-bond donors (Lipinski definition) is 0. The van der Waals surface area contributed by atoms with Crippen LogP contribution < -0.4 is 0 Å². The molecule has 72 valence electrons. The van der Waals surface area contributed by atoms with Gasteiger partial charge >= 0.3 is 0 Å². The Bertz CT molecular complexity index is 295. The predicted molar refractivity (Wildman–Crippen MR) is 52.8 cm³/mol. The minimum atomic E-state index is -0.636. The van der Waals surface area contributed by atoms with Crippen molar-refractivity contribution in [1.29, 1.82) is 0 Å². The summed E-state index contributed by atoms with van der Waals surface area (Å²) in [6, 6.07) is 1.93. The minimum absolute atomic E-state index is 0.118. The maximum atomic E-state index is 12.7. The van der Waals surface area contributed by atoms with E-state index < -0.39 is 11.6 Å². The summed E-state index contributed by atoms with van der Waals surface area (Å²) in [7, 11) is 0. The van der Waals surface area contributed by atoms with Crippen molar-refractivity contribution in [3.63, 3.8) is 0 Å². The summed E-state index contributed by atoms with van der Waals surface area (Å²) in [5.41, 5.74) is 0.118. The van der Waals surface area contributed by atoms with Crippen LogP contribution in [0.3, 0.4) is 0 Å². The Kier molecular flexibility index (Phi) is 5.31. The van der Waals surface area contributed by atoms with Crippen molar-refractivity contribution in [2.45, 2.75) is 13.8 Å². The van der Waals surface area contributed by atoms with E-state index in [9.17, 15) is 8.78 Å². The average Bonchev–Trinajstić information content (AvgIpc) is 2.15. The first-order valence-corrected chi connectivity index (χ1v) is 4.30. The maximum absolute atomic E-state index is 12.7. The van der Waals surface area contributed by atoms with Gasteiger partial charge in [0.15, 0.2) is 0 Å². The monoisotopic (exact) mass is 204 g/mol. The Morgan fingerprint density at radius 2 is 1.77 bits per heavy atom. The normalized spacial score (nSPS) is 8.69. The Balaban J connectivity index is 0.000000671. The molecular weight excluding hydrogens is 194 g/mol. The van der Waals surface area contributed by atoms with Gasteiger partial charge in [-0.05, 0) is 12.1 Å². The van der Waals surface area contributed by atoms with Crippen molar-refractivity contribution in [2.75, 3.05) is 0 Å². The summed E-state index contributed by atoms with van der Waals surface area (Å²) in [5, 5.41) is -0.215. The molecule has 13 heavy (non-hydrogen) atoms. The van der Waals surface area contributed by atoms with E-state index in [1.54, 1.807) is 0 Å². The van der Waals surface area contributed by atoms with Crippen LogP contribution in [0.1, 0.15) is 19.4 Å². The Hall–Kier alpha value is -0.890. The van der Waals surface area contributed by atoms with Crippen LogP contribution in [0.2, 0.25) is 5.02 Å². The zero-order valence-corrected chi connectivity index (χ0v) is 8.33. The molecule has 0 bridgehead atoms. The molecule has 0 aliphatic rings. The molecule has 0 radical (unpaired) electrons. The van der Waals surface area contributed by atoms with Gasteiger partial charge in [0.2, 0.25) is 0 Å². The summed E-state index contributed by atoms with van der Waals surface area (Å²) in [5.74, 6) is -1.20. The van der Waals surface area contributed by atoms with Gasteiger partial charge in [-0.25, -0.2) is 8.78 Å². The van der Waals surface area contributed by atoms with E-state index in [1.807, 2.05) is 13.8 Å². The second-order valence-corrected chi connectivity index (χ2v) is 2.40. The molecule has 0 saturated carbocycles. The van der Waals surface area contributed by atoms with Crippen LogP contribution in [0.25, 0.3) is 6.08 Å². The van der Waals surface area contributed by atoms with E-state index in [4.69, 9.17) is 11.6 Å². The molecule has 0 amide bonds.